The molecule has 2 N–H and O–H groups in total. The second kappa shape index (κ2) is 6.64. The van der Waals surface area contributed by atoms with Gasteiger partial charge in [0.2, 0.25) is 0 Å². The Morgan fingerprint density at radius 3 is 2.06 bits per heavy atom. The standard InChI is InChI=1S/C13H23NO4/c1-8(2)12(18)10(6-7-11(16)17)14-13(4,5)9(3)15/h8,10,14H,6-7H2,1-5H3,(H,16,17). The van der Waals surface area contributed by atoms with E-state index in [9.17, 15) is 14.4 Å². The molecule has 0 aromatic heterocycles. The first-order chi connectivity index (χ1) is 8.08. The molecule has 0 aromatic rings. The van der Waals surface area contributed by atoms with Crippen LogP contribution in [0.3, 0.4) is 0 Å². The molecule has 0 radical (unpaired) electrons. The van der Waals surface area contributed by atoms with Crippen LogP contribution in [-0.2, 0) is 14.4 Å². The lowest BCUT2D eigenvalue weighted by atomic mass is 9.92. The van der Waals surface area contributed by atoms with E-state index in [2.05, 4.69) is 5.32 Å². The van der Waals surface area contributed by atoms with E-state index in [0.29, 0.717) is 0 Å². The van der Waals surface area contributed by atoms with Crippen molar-refractivity contribution >= 4 is 17.5 Å². The summed E-state index contributed by atoms with van der Waals surface area (Å²) in [5, 5.41) is 11.7. The molecular weight excluding hydrogens is 234 g/mol. The summed E-state index contributed by atoms with van der Waals surface area (Å²) in [4.78, 5) is 34.0. The van der Waals surface area contributed by atoms with Crippen LogP contribution in [0.5, 0.6) is 0 Å². The minimum Gasteiger partial charge on any atom is -0.481 e. The topological polar surface area (TPSA) is 83.5 Å². The molecule has 0 aliphatic rings. The first-order valence-electron chi connectivity index (χ1n) is 6.12. The van der Waals surface area contributed by atoms with Crippen molar-refractivity contribution in [1.29, 1.82) is 0 Å². The van der Waals surface area contributed by atoms with E-state index >= 15 is 0 Å². The fraction of sp³-hybridized carbons (Fsp3) is 0.769. The molecule has 0 amide bonds. The molecule has 0 heterocycles. The number of hydrogen-bond acceptors (Lipinski definition) is 4. The Bertz CT molecular complexity index is 334. The highest BCUT2D eigenvalue weighted by Gasteiger charge is 2.31. The molecule has 0 saturated carbocycles. The van der Waals surface area contributed by atoms with Gasteiger partial charge in [-0.1, -0.05) is 13.8 Å². The average molecular weight is 257 g/mol. The van der Waals surface area contributed by atoms with Crippen molar-refractivity contribution in [2.75, 3.05) is 0 Å². The lowest BCUT2D eigenvalue weighted by Crippen LogP contribution is -2.54. The molecular formula is C13H23NO4. The largest absolute Gasteiger partial charge is 0.481 e. The number of Topliss-reactive ketones (excluding diaryl/α,β-unsaturated/α-hetero) is 2. The van der Waals surface area contributed by atoms with Gasteiger partial charge in [-0.15, -0.1) is 0 Å². The summed E-state index contributed by atoms with van der Waals surface area (Å²) in [6.45, 7) is 8.35. The Balaban J connectivity index is 4.82. The van der Waals surface area contributed by atoms with Gasteiger partial charge >= 0.3 is 5.97 Å². The van der Waals surface area contributed by atoms with E-state index in [0.717, 1.165) is 0 Å². The molecule has 0 rings (SSSR count). The molecule has 0 aliphatic carbocycles. The third kappa shape index (κ3) is 5.40. The summed E-state index contributed by atoms with van der Waals surface area (Å²) in [5.74, 6) is -1.29. The normalized spacial score (nSPS) is 13.4. The zero-order valence-electron chi connectivity index (χ0n) is 11.7. The van der Waals surface area contributed by atoms with Crippen LogP contribution < -0.4 is 5.32 Å². The number of carbonyl (C=O) groups is 3. The maximum absolute atomic E-state index is 12.0. The maximum Gasteiger partial charge on any atom is 0.303 e. The highest BCUT2D eigenvalue weighted by atomic mass is 16.4. The lowest BCUT2D eigenvalue weighted by molar-refractivity contribution is -0.137. The van der Waals surface area contributed by atoms with Gasteiger partial charge < -0.3 is 5.11 Å². The van der Waals surface area contributed by atoms with Crippen LogP contribution in [0.25, 0.3) is 0 Å². The molecule has 0 aromatic carbocycles. The Morgan fingerprint density at radius 2 is 1.72 bits per heavy atom. The van der Waals surface area contributed by atoms with Crippen LogP contribution in [0.1, 0.15) is 47.5 Å². The number of hydrogen-bond donors (Lipinski definition) is 2. The molecule has 18 heavy (non-hydrogen) atoms. The minimum atomic E-state index is -0.945. The predicted molar refractivity (Wildman–Crippen MR) is 68.4 cm³/mol. The first-order valence-corrected chi connectivity index (χ1v) is 6.12. The van der Waals surface area contributed by atoms with Gasteiger partial charge in [0.05, 0.1) is 11.6 Å². The predicted octanol–water partition coefficient (Wildman–Crippen LogP) is 1.40. The average Bonchev–Trinajstić information content (AvgIpc) is 2.22. The van der Waals surface area contributed by atoms with Gasteiger partial charge in [-0.3, -0.25) is 19.7 Å². The van der Waals surface area contributed by atoms with Crippen LogP contribution in [0.2, 0.25) is 0 Å². The Labute approximate surface area is 108 Å². The van der Waals surface area contributed by atoms with Gasteiger partial charge in [0.1, 0.15) is 5.78 Å². The maximum atomic E-state index is 12.0. The third-order valence-electron chi connectivity index (χ3n) is 2.97. The number of ketones is 2. The number of carboxylic acid groups (broad SMARTS) is 1. The molecule has 1 unspecified atom stereocenters. The van der Waals surface area contributed by atoms with E-state index in [1.54, 1.807) is 27.7 Å². The van der Waals surface area contributed by atoms with Crippen molar-refractivity contribution in [3.05, 3.63) is 0 Å². The molecule has 1 atom stereocenters. The van der Waals surface area contributed by atoms with Crippen LogP contribution in [0.4, 0.5) is 0 Å². The van der Waals surface area contributed by atoms with Crippen molar-refractivity contribution < 1.29 is 19.5 Å². The van der Waals surface area contributed by atoms with Crippen LogP contribution in [-0.4, -0.2) is 34.2 Å². The van der Waals surface area contributed by atoms with E-state index in [1.807, 2.05) is 0 Å². The highest BCUT2D eigenvalue weighted by Crippen LogP contribution is 2.12. The van der Waals surface area contributed by atoms with Gasteiger partial charge in [-0.2, -0.15) is 0 Å². The van der Waals surface area contributed by atoms with Gasteiger partial charge in [0, 0.05) is 12.3 Å². The van der Waals surface area contributed by atoms with E-state index in [4.69, 9.17) is 5.11 Å². The quantitative estimate of drug-likeness (QED) is 0.686. The lowest BCUT2D eigenvalue weighted by Gasteiger charge is -2.29. The van der Waals surface area contributed by atoms with Crippen molar-refractivity contribution in [2.24, 2.45) is 5.92 Å². The summed E-state index contributed by atoms with van der Waals surface area (Å²) in [6.07, 6.45) is 0.104. The van der Waals surface area contributed by atoms with E-state index in [1.165, 1.54) is 6.92 Å². The van der Waals surface area contributed by atoms with E-state index < -0.39 is 17.6 Å². The number of rotatable bonds is 8. The Morgan fingerprint density at radius 1 is 1.22 bits per heavy atom. The smallest absolute Gasteiger partial charge is 0.303 e. The molecule has 0 aliphatic heterocycles. The van der Waals surface area contributed by atoms with Crippen molar-refractivity contribution in [2.45, 2.75) is 59.0 Å². The zero-order valence-corrected chi connectivity index (χ0v) is 11.7. The summed E-state index contributed by atoms with van der Waals surface area (Å²) in [5.41, 5.74) is -0.826. The molecule has 104 valence electrons. The van der Waals surface area contributed by atoms with Gasteiger partial charge in [0.25, 0.3) is 0 Å². The van der Waals surface area contributed by atoms with Crippen LogP contribution in [0.15, 0.2) is 0 Å². The fourth-order valence-corrected chi connectivity index (χ4v) is 1.49. The minimum absolute atomic E-state index is 0.0643. The van der Waals surface area contributed by atoms with Crippen LogP contribution in [0, 0.1) is 5.92 Å². The van der Waals surface area contributed by atoms with Gasteiger partial charge in [-0.05, 0) is 27.2 Å². The first kappa shape index (κ1) is 16.8. The number of nitrogens with one attached hydrogen (secondary N) is 1. The SMILES string of the molecule is CC(=O)C(C)(C)NC(CCC(=O)O)C(=O)C(C)C. The van der Waals surface area contributed by atoms with Crippen molar-refractivity contribution in [1.82, 2.24) is 5.32 Å². The van der Waals surface area contributed by atoms with Gasteiger partial charge in [0.15, 0.2) is 5.78 Å². The van der Waals surface area contributed by atoms with Crippen LogP contribution >= 0.6 is 0 Å². The molecule has 5 heteroatoms. The Kier molecular flexibility index (Phi) is 6.18. The Hall–Kier alpha value is -1.23. The second-order valence-corrected chi connectivity index (χ2v) is 5.37. The third-order valence-corrected chi connectivity index (χ3v) is 2.97. The number of aliphatic carboxylic acids is 1. The fourth-order valence-electron chi connectivity index (χ4n) is 1.49. The van der Waals surface area contributed by atoms with Crippen molar-refractivity contribution in [3.63, 3.8) is 0 Å². The number of carbonyl (C=O) groups excluding carboxylic acids is 2. The summed E-state index contributed by atoms with van der Waals surface area (Å²) in [7, 11) is 0. The van der Waals surface area contributed by atoms with Crippen molar-refractivity contribution in [3.8, 4) is 0 Å². The molecule has 0 spiro atoms. The summed E-state index contributed by atoms with van der Waals surface area (Å²) in [6, 6.07) is -0.597. The summed E-state index contributed by atoms with van der Waals surface area (Å²) < 4.78 is 0. The second-order valence-electron chi connectivity index (χ2n) is 5.37. The molecule has 0 bridgehead atoms. The molecule has 0 saturated heterocycles. The monoisotopic (exact) mass is 257 g/mol. The zero-order chi connectivity index (χ0) is 14.5. The van der Waals surface area contributed by atoms with E-state index in [-0.39, 0.29) is 30.3 Å². The molecule has 5 nitrogen and oxygen atoms in total. The number of carboxylic acids is 1. The molecule has 0 fully saturated rings. The summed E-state index contributed by atoms with van der Waals surface area (Å²) >= 11 is 0. The highest BCUT2D eigenvalue weighted by molar-refractivity contribution is 5.89. The van der Waals surface area contributed by atoms with Gasteiger partial charge in [-0.25, -0.2) is 0 Å².